The second-order valence-corrected chi connectivity index (χ2v) is 4.74. The first-order valence-corrected chi connectivity index (χ1v) is 6.60. The summed E-state index contributed by atoms with van der Waals surface area (Å²) in [5.74, 6) is 0.940. The Morgan fingerprint density at radius 1 is 1.50 bits per heavy atom. The van der Waals surface area contributed by atoms with E-state index in [1.54, 1.807) is 18.2 Å². The number of aliphatic hydroxyl groups is 1. The highest BCUT2D eigenvalue weighted by Crippen LogP contribution is 2.20. The SMILES string of the molecule is CC(CO)CCCNC(=O)c1cc(-c2ccco2)on1. The zero-order valence-corrected chi connectivity index (χ0v) is 11.3. The molecule has 1 atom stereocenters. The molecule has 0 fully saturated rings. The van der Waals surface area contributed by atoms with E-state index in [9.17, 15) is 4.79 Å². The van der Waals surface area contributed by atoms with Crippen LogP contribution in [0.25, 0.3) is 11.5 Å². The number of aromatic nitrogens is 1. The Balaban J connectivity index is 1.81. The normalized spacial score (nSPS) is 12.3. The predicted molar refractivity (Wildman–Crippen MR) is 72.0 cm³/mol. The molecule has 6 heteroatoms. The average Bonchev–Trinajstić information content (AvgIpc) is 3.12. The molecule has 0 radical (unpaired) electrons. The summed E-state index contributed by atoms with van der Waals surface area (Å²) in [6.07, 6.45) is 3.21. The summed E-state index contributed by atoms with van der Waals surface area (Å²) >= 11 is 0. The summed E-state index contributed by atoms with van der Waals surface area (Å²) in [4.78, 5) is 11.8. The van der Waals surface area contributed by atoms with E-state index in [-0.39, 0.29) is 24.1 Å². The summed E-state index contributed by atoms with van der Waals surface area (Å²) in [6, 6.07) is 5.02. The minimum Gasteiger partial charge on any atom is -0.461 e. The van der Waals surface area contributed by atoms with Gasteiger partial charge < -0.3 is 19.4 Å². The Labute approximate surface area is 116 Å². The fourth-order valence-electron chi connectivity index (χ4n) is 1.75. The van der Waals surface area contributed by atoms with E-state index in [0.717, 1.165) is 12.8 Å². The number of carbonyl (C=O) groups is 1. The van der Waals surface area contributed by atoms with Crippen LogP contribution in [0.3, 0.4) is 0 Å². The Morgan fingerprint density at radius 3 is 3.05 bits per heavy atom. The van der Waals surface area contributed by atoms with E-state index >= 15 is 0 Å². The Bertz CT molecular complexity index is 533. The molecule has 2 N–H and O–H groups in total. The molecular weight excluding hydrogens is 260 g/mol. The zero-order valence-electron chi connectivity index (χ0n) is 11.3. The first-order valence-electron chi connectivity index (χ1n) is 6.60. The van der Waals surface area contributed by atoms with Crippen molar-refractivity contribution in [3.63, 3.8) is 0 Å². The maximum atomic E-state index is 11.8. The van der Waals surface area contributed by atoms with Gasteiger partial charge in [0.2, 0.25) is 5.76 Å². The topological polar surface area (TPSA) is 88.5 Å². The van der Waals surface area contributed by atoms with Crippen molar-refractivity contribution in [2.45, 2.75) is 19.8 Å². The van der Waals surface area contributed by atoms with Gasteiger partial charge in [-0.1, -0.05) is 12.1 Å². The molecule has 6 nitrogen and oxygen atoms in total. The highest BCUT2D eigenvalue weighted by Gasteiger charge is 2.14. The van der Waals surface area contributed by atoms with Crippen LogP contribution in [0.15, 0.2) is 33.4 Å². The van der Waals surface area contributed by atoms with Gasteiger partial charge in [-0.2, -0.15) is 0 Å². The van der Waals surface area contributed by atoms with Gasteiger partial charge in [-0.25, -0.2) is 0 Å². The molecule has 0 aromatic carbocycles. The van der Waals surface area contributed by atoms with Crippen molar-refractivity contribution in [2.24, 2.45) is 5.92 Å². The van der Waals surface area contributed by atoms with Crippen LogP contribution < -0.4 is 5.32 Å². The molecule has 2 rings (SSSR count). The first-order chi connectivity index (χ1) is 9.70. The molecule has 2 heterocycles. The van der Waals surface area contributed by atoms with E-state index < -0.39 is 0 Å². The largest absolute Gasteiger partial charge is 0.461 e. The molecule has 1 unspecified atom stereocenters. The summed E-state index contributed by atoms with van der Waals surface area (Å²) < 4.78 is 10.2. The smallest absolute Gasteiger partial charge is 0.273 e. The molecule has 2 aromatic rings. The zero-order chi connectivity index (χ0) is 14.4. The van der Waals surface area contributed by atoms with Gasteiger partial charge >= 0.3 is 0 Å². The summed E-state index contributed by atoms with van der Waals surface area (Å²) in [7, 11) is 0. The van der Waals surface area contributed by atoms with Crippen LogP contribution in [0, 0.1) is 5.92 Å². The van der Waals surface area contributed by atoms with Gasteiger partial charge in [-0.05, 0) is 30.9 Å². The summed E-state index contributed by atoms with van der Waals surface area (Å²) in [5.41, 5.74) is 0.228. The molecule has 108 valence electrons. The number of furan rings is 1. The highest BCUT2D eigenvalue weighted by molar-refractivity contribution is 5.92. The second kappa shape index (κ2) is 6.91. The third-order valence-corrected chi connectivity index (χ3v) is 2.98. The number of hydrogen-bond acceptors (Lipinski definition) is 5. The molecule has 0 saturated heterocycles. The van der Waals surface area contributed by atoms with Crippen molar-refractivity contribution in [3.05, 3.63) is 30.2 Å². The maximum Gasteiger partial charge on any atom is 0.273 e. The minimum absolute atomic E-state index is 0.170. The van der Waals surface area contributed by atoms with E-state index in [2.05, 4.69) is 10.5 Å². The van der Waals surface area contributed by atoms with Crippen LogP contribution in [-0.2, 0) is 0 Å². The Hall–Kier alpha value is -2.08. The standard InChI is InChI=1S/C14H18N2O4/c1-10(9-17)4-2-6-15-14(18)11-8-13(20-16-11)12-5-3-7-19-12/h3,5,7-8,10,17H,2,4,6,9H2,1H3,(H,15,18). The van der Waals surface area contributed by atoms with Crippen molar-refractivity contribution in [1.29, 1.82) is 0 Å². The van der Waals surface area contributed by atoms with Crippen molar-refractivity contribution < 1.29 is 18.8 Å². The molecule has 0 aliphatic carbocycles. The van der Waals surface area contributed by atoms with Crippen LogP contribution in [0.1, 0.15) is 30.3 Å². The van der Waals surface area contributed by atoms with E-state index in [4.69, 9.17) is 14.0 Å². The van der Waals surface area contributed by atoms with Gasteiger partial charge in [0.15, 0.2) is 11.5 Å². The van der Waals surface area contributed by atoms with Crippen LogP contribution in [0.5, 0.6) is 0 Å². The van der Waals surface area contributed by atoms with Crippen LogP contribution in [0.4, 0.5) is 0 Å². The van der Waals surface area contributed by atoms with Gasteiger partial charge in [0.25, 0.3) is 5.91 Å². The van der Waals surface area contributed by atoms with E-state index in [1.165, 1.54) is 6.26 Å². The van der Waals surface area contributed by atoms with Crippen LogP contribution in [0.2, 0.25) is 0 Å². The molecule has 0 aliphatic heterocycles. The lowest BCUT2D eigenvalue weighted by atomic mass is 10.1. The molecule has 0 bridgehead atoms. The maximum absolute atomic E-state index is 11.8. The summed E-state index contributed by atoms with van der Waals surface area (Å²) in [5, 5.41) is 15.4. The van der Waals surface area contributed by atoms with E-state index in [1.807, 2.05) is 6.92 Å². The van der Waals surface area contributed by atoms with Gasteiger partial charge in [0.05, 0.1) is 6.26 Å². The number of carbonyl (C=O) groups excluding carboxylic acids is 1. The first kappa shape index (κ1) is 14.3. The quantitative estimate of drug-likeness (QED) is 0.757. The Morgan fingerprint density at radius 2 is 2.35 bits per heavy atom. The molecule has 2 aromatic heterocycles. The molecule has 0 aliphatic rings. The highest BCUT2D eigenvalue weighted by atomic mass is 16.5. The number of rotatable bonds is 7. The second-order valence-electron chi connectivity index (χ2n) is 4.74. The molecular formula is C14H18N2O4. The lowest BCUT2D eigenvalue weighted by molar-refractivity contribution is 0.0943. The van der Waals surface area contributed by atoms with Gasteiger partial charge in [0, 0.05) is 19.2 Å². The van der Waals surface area contributed by atoms with Gasteiger partial charge in [-0.15, -0.1) is 0 Å². The minimum atomic E-state index is -0.275. The monoisotopic (exact) mass is 278 g/mol. The van der Waals surface area contributed by atoms with Crippen molar-refractivity contribution in [1.82, 2.24) is 10.5 Å². The number of hydrogen-bond donors (Lipinski definition) is 2. The molecule has 0 spiro atoms. The number of nitrogens with zero attached hydrogens (tertiary/aromatic N) is 1. The fourth-order valence-corrected chi connectivity index (χ4v) is 1.75. The fraction of sp³-hybridized carbons (Fsp3) is 0.429. The van der Waals surface area contributed by atoms with Gasteiger partial charge in [-0.3, -0.25) is 4.79 Å². The number of aliphatic hydroxyl groups excluding tert-OH is 1. The third kappa shape index (κ3) is 3.71. The molecule has 0 saturated carbocycles. The van der Waals surface area contributed by atoms with Crippen molar-refractivity contribution in [3.8, 4) is 11.5 Å². The molecule has 20 heavy (non-hydrogen) atoms. The third-order valence-electron chi connectivity index (χ3n) is 2.98. The average molecular weight is 278 g/mol. The Kier molecular flexibility index (Phi) is 4.95. The predicted octanol–water partition coefficient (Wildman–Crippen LogP) is 2.07. The van der Waals surface area contributed by atoms with Crippen LogP contribution >= 0.6 is 0 Å². The lowest BCUT2D eigenvalue weighted by Gasteiger charge is -2.07. The summed E-state index contributed by atoms with van der Waals surface area (Å²) in [6.45, 7) is 2.69. The van der Waals surface area contributed by atoms with Crippen LogP contribution in [-0.4, -0.2) is 29.3 Å². The number of nitrogens with one attached hydrogen (secondary N) is 1. The van der Waals surface area contributed by atoms with Crippen molar-refractivity contribution >= 4 is 5.91 Å². The van der Waals surface area contributed by atoms with Gasteiger partial charge in [0.1, 0.15) is 0 Å². The van der Waals surface area contributed by atoms with E-state index in [0.29, 0.717) is 18.1 Å². The lowest BCUT2D eigenvalue weighted by Crippen LogP contribution is -2.25. The molecule has 1 amide bonds. The number of amides is 1. The van der Waals surface area contributed by atoms with Crippen molar-refractivity contribution in [2.75, 3.05) is 13.2 Å².